The van der Waals surface area contributed by atoms with E-state index in [1.807, 2.05) is 6.92 Å². The quantitative estimate of drug-likeness (QED) is 0.858. The van der Waals surface area contributed by atoms with Gasteiger partial charge in [0.25, 0.3) is 5.91 Å². The van der Waals surface area contributed by atoms with Crippen LogP contribution < -0.4 is 5.32 Å². The van der Waals surface area contributed by atoms with Crippen LogP contribution >= 0.6 is 0 Å². The molecular weight excluding hydrogens is 220 g/mol. The van der Waals surface area contributed by atoms with Crippen LogP contribution in [0.2, 0.25) is 0 Å². The normalized spacial score (nSPS) is 10.2. The Labute approximate surface area is 98.0 Å². The van der Waals surface area contributed by atoms with Crippen molar-refractivity contribution in [2.24, 2.45) is 0 Å². The summed E-state index contributed by atoms with van der Waals surface area (Å²) >= 11 is 0. The zero-order valence-electron chi connectivity index (χ0n) is 9.38. The van der Waals surface area contributed by atoms with Gasteiger partial charge in [0, 0.05) is 24.5 Å². The Kier molecular flexibility index (Phi) is 3.44. The highest BCUT2D eigenvalue weighted by molar-refractivity contribution is 5.97. The average molecular weight is 232 g/mol. The van der Waals surface area contributed by atoms with Crippen molar-refractivity contribution >= 4 is 5.91 Å². The Morgan fingerprint density at radius 1 is 1.47 bits per heavy atom. The second-order valence-electron chi connectivity index (χ2n) is 3.46. The molecule has 2 aromatic heterocycles. The van der Waals surface area contributed by atoms with Crippen LogP contribution in [0.5, 0.6) is 0 Å². The molecule has 0 atom stereocenters. The van der Waals surface area contributed by atoms with Crippen LogP contribution in [0.4, 0.5) is 0 Å². The second kappa shape index (κ2) is 5.20. The first-order valence-corrected chi connectivity index (χ1v) is 5.34. The van der Waals surface area contributed by atoms with Gasteiger partial charge in [-0.1, -0.05) is 6.92 Å². The van der Waals surface area contributed by atoms with Crippen molar-refractivity contribution in [2.75, 3.05) is 6.54 Å². The fourth-order valence-corrected chi connectivity index (χ4v) is 1.35. The lowest BCUT2D eigenvalue weighted by molar-refractivity contribution is 0.0944. The van der Waals surface area contributed by atoms with E-state index in [0.717, 1.165) is 6.42 Å². The van der Waals surface area contributed by atoms with E-state index >= 15 is 0 Å². The summed E-state index contributed by atoms with van der Waals surface area (Å²) in [6, 6.07) is 3.56. The monoisotopic (exact) mass is 232 g/mol. The molecule has 6 nitrogen and oxygen atoms in total. The number of nitrogens with zero attached hydrogens (tertiary/aromatic N) is 3. The van der Waals surface area contributed by atoms with Crippen LogP contribution in [-0.2, 0) is 0 Å². The van der Waals surface area contributed by atoms with Crippen LogP contribution in [0.3, 0.4) is 0 Å². The standard InChI is InChI=1S/C11H12N4O2/c1-2-5-13-11(16)10-9(14-17-15-10)8-4-3-6-12-7-8/h3-4,6-7H,2,5H2,1H3,(H,13,16). The summed E-state index contributed by atoms with van der Waals surface area (Å²) in [6.07, 6.45) is 4.11. The lowest BCUT2D eigenvalue weighted by Crippen LogP contribution is -2.24. The SMILES string of the molecule is CCCNC(=O)c1nonc1-c1cccnc1. The van der Waals surface area contributed by atoms with Gasteiger partial charge in [-0.15, -0.1) is 0 Å². The molecule has 0 aliphatic carbocycles. The minimum atomic E-state index is -0.285. The second-order valence-corrected chi connectivity index (χ2v) is 3.46. The third kappa shape index (κ3) is 2.47. The molecule has 17 heavy (non-hydrogen) atoms. The average Bonchev–Trinajstić information content (AvgIpc) is 2.86. The zero-order chi connectivity index (χ0) is 12.1. The van der Waals surface area contributed by atoms with Gasteiger partial charge in [-0.3, -0.25) is 9.78 Å². The highest BCUT2D eigenvalue weighted by Crippen LogP contribution is 2.18. The van der Waals surface area contributed by atoms with E-state index in [-0.39, 0.29) is 11.6 Å². The van der Waals surface area contributed by atoms with Crippen molar-refractivity contribution in [3.05, 3.63) is 30.2 Å². The van der Waals surface area contributed by atoms with Crippen molar-refractivity contribution in [3.8, 4) is 11.3 Å². The van der Waals surface area contributed by atoms with Crippen molar-refractivity contribution in [2.45, 2.75) is 13.3 Å². The lowest BCUT2D eigenvalue weighted by atomic mass is 10.1. The summed E-state index contributed by atoms with van der Waals surface area (Å²) in [4.78, 5) is 15.7. The fourth-order valence-electron chi connectivity index (χ4n) is 1.35. The van der Waals surface area contributed by atoms with Crippen molar-refractivity contribution in [3.63, 3.8) is 0 Å². The third-order valence-corrected chi connectivity index (χ3v) is 2.17. The van der Waals surface area contributed by atoms with Gasteiger partial charge in [-0.25, -0.2) is 4.63 Å². The number of carbonyl (C=O) groups excluding carboxylic acids is 1. The molecule has 2 heterocycles. The molecule has 0 bridgehead atoms. The van der Waals surface area contributed by atoms with Crippen LogP contribution in [0.1, 0.15) is 23.8 Å². The third-order valence-electron chi connectivity index (χ3n) is 2.17. The van der Waals surface area contributed by atoms with Crippen LogP contribution in [-0.4, -0.2) is 27.7 Å². The van der Waals surface area contributed by atoms with Crippen LogP contribution in [0, 0.1) is 0 Å². The topological polar surface area (TPSA) is 80.9 Å². The van der Waals surface area contributed by atoms with Gasteiger partial charge in [0.1, 0.15) is 5.69 Å². The lowest BCUT2D eigenvalue weighted by Gasteiger charge is -2.00. The molecule has 2 rings (SSSR count). The minimum Gasteiger partial charge on any atom is -0.351 e. The van der Waals surface area contributed by atoms with Gasteiger partial charge in [-0.2, -0.15) is 0 Å². The molecule has 0 saturated carbocycles. The van der Waals surface area contributed by atoms with Crippen molar-refractivity contribution in [1.29, 1.82) is 0 Å². The first-order valence-electron chi connectivity index (χ1n) is 5.34. The van der Waals surface area contributed by atoms with Crippen molar-refractivity contribution < 1.29 is 9.42 Å². The minimum absolute atomic E-state index is 0.187. The summed E-state index contributed by atoms with van der Waals surface area (Å²) in [5.74, 6) is -0.285. The number of carbonyl (C=O) groups is 1. The molecule has 88 valence electrons. The Hall–Kier alpha value is -2.24. The van der Waals surface area contributed by atoms with Gasteiger partial charge in [-0.05, 0) is 28.9 Å². The Morgan fingerprint density at radius 3 is 3.06 bits per heavy atom. The summed E-state index contributed by atoms with van der Waals surface area (Å²) in [6.45, 7) is 2.57. The molecule has 0 fully saturated rings. The molecule has 1 amide bonds. The van der Waals surface area contributed by atoms with Gasteiger partial charge >= 0.3 is 0 Å². The number of hydrogen-bond acceptors (Lipinski definition) is 5. The van der Waals surface area contributed by atoms with Gasteiger partial charge < -0.3 is 5.32 Å². The number of amides is 1. The number of hydrogen-bond donors (Lipinski definition) is 1. The molecule has 0 aromatic carbocycles. The smallest absolute Gasteiger partial charge is 0.275 e. The summed E-state index contributed by atoms with van der Waals surface area (Å²) in [7, 11) is 0. The molecular formula is C11H12N4O2. The van der Waals surface area contributed by atoms with E-state index in [1.54, 1.807) is 24.5 Å². The predicted octanol–water partition coefficient (Wildman–Crippen LogP) is 1.27. The summed E-state index contributed by atoms with van der Waals surface area (Å²) in [5, 5.41) is 10.1. The Morgan fingerprint density at radius 2 is 2.35 bits per heavy atom. The maximum absolute atomic E-state index is 11.8. The molecule has 0 unspecified atom stereocenters. The Balaban J connectivity index is 2.26. The Bertz CT molecular complexity index is 495. The summed E-state index contributed by atoms with van der Waals surface area (Å²) < 4.78 is 4.61. The van der Waals surface area contributed by atoms with Crippen molar-refractivity contribution in [1.82, 2.24) is 20.6 Å². The maximum Gasteiger partial charge on any atom is 0.275 e. The van der Waals surface area contributed by atoms with E-state index < -0.39 is 0 Å². The number of pyridine rings is 1. The molecule has 1 N–H and O–H groups in total. The summed E-state index contributed by atoms with van der Waals surface area (Å²) in [5.41, 5.74) is 1.30. The zero-order valence-corrected chi connectivity index (χ0v) is 9.38. The first kappa shape index (κ1) is 11.3. The van der Waals surface area contributed by atoms with Crippen LogP contribution in [0.25, 0.3) is 11.3 Å². The predicted molar refractivity (Wildman–Crippen MR) is 60.2 cm³/mol. The molecule has 0 radical (unpaired) electrons. The van der Waals surface area contributed by atoms with Gasteiger partial charge in [0.05, 0.1) is 0 Å². The molecule has 2 aromatic rings. The van der Waals surface area contributed by atoms with E-state index in [1.165, 1.54) is 0 Å². The maximum atomic E-state index is 11.8. The largest absolute Gasteiger partial charge is 0.351 e. The number of nitrogens with one attached hydrogen (secondary N) is 1. The molecule has 0 spiro atoms. The highest BCUT2D eigenvalue weighted by atomic mass is 16.6. The fraction of sp³-hybridized carbons (Fsp3) is 0.273. The van der Waals surface area contributed by atoms with E-state index in [2.05, 4.69) is 25.2 Å². The van der Waals surface area contributed by atoms with Gasteiger partial charge in [0.2, 0.25) is 0 Å². The van der Waals surface area contributed by atoms with E-state index in [4.69, 9.17) is 0 Å². The highest BCUT2D eigenvalue weighted by Gasteiger charge is 2.19. The number of rotatable bonds is 4. The van der Waals surface area contributed by atoms with E-state index in [0.29, 0.717) is 17.8 Å². The first-order chi connectivity index (χ1) is 8.33. The molecule has 0 aliphatic heterocycles. The molecule has 0 aliphatic rings. The van der Waals surface area contributed by atoms with E-state index in [9.17, 15) is 4.79 Å². The number of aromatic nitrogens is 3. The molecule has 0 saturated heterocycles. The van der Waals surface area contributed by atoms with Crippen LogP contribution in [0.15, 0.2) is 29.2 Å². The van der Waals surface area contributed by atoms with Gasteiger partial charge in [0.15, 0.2) is 5.69 Å². The molecule has 6 heteroatoms.